The number of carbonyl (C=O) groups excluding carboxylic acids is 2. The average molecular weight is 419 g/mol. The molecule has 0 radical (unpaired) electrons. The highest BCUT2D eigenvalue weighted by atomic mass is 79.9. The summed E-state index contributed by atoms with van der Waals surface area (Å²) < 4.78 is 0.266. The van der Waals surface area contributed by atoms with Crippen molar-refractivity contribution in [1.82, 2.24) is 0 Å². The Morgan fingerprint density at radius 2 is 1.81 bits per heavy atom. The van der Waals surface area contributed by atoms with Gasteiger partial charge in [0.1, 0.15) is 0 Å². The van der Waals surface area contributed by atoms with Crippen LogP contribution in [0.1, 0.15) is 57.4 Å². The van der Waals surface area contributed by atoms with Gasteiger partial charge in [-0.15, -0.1) is 0 Å². The van der Waals surface area contributed by atoms with E-state index in [1.165, 1.54) is 39.0 Å². The van der Waals surface area contributed by atoms with E-state index in [9.17, 15) is 9.59 Å². The van der Waals surface area contributed by atoms with Crippen molar-refractivity contribution in [2.75, 3.05) is 10.6 Å². The van der Waals surface area contributed by atoms with Crippen molar-refractivity contribution >= 4 is 39.1 Å². The summed E-state index contributed by atoms with van der Waals surface area (Å²) in [5.41, 5.74) is 2.57. The van der Waals surface area contributed by atoms with E-state index in [1.807, 2.05) is 25.1 Å². The Kier molecular flexibility index (Phi) is 4.41. The molecule has 0 spiro atoms. The van der Waals surface area contributed by atoms with Crippen LogP contribution in [0.25, 0.3) is 0 Å². The molecule has 4 bridgehead atoms. The molecule has 4 aliphatic carbocycles. The minimum absolute atomic E-state index is 0.0697. The van der Waals surface area contributed by atoms with Crippen LogP contribution >= 0.6 is 15.9 Å². The molecule has 5 rings (SSSR count). The fourth-order valence-electron chi connectivity index (χ4n) is 6.14. The molecule has 1 aromatic carbocycles. The summed E-state index contributed by atoms with van der Waals surface area (Å²) in [4.78, 5) is 24.4. The Hall–Kier alpha value is -1.36. The Balaban J connectivity index is 1.50. The molecule has 2 N–H and O–H groups in total. The van der Waals surface area contributed by atoms with Gasteiger partial charge in [-0.05, 0) is 80.4 Å². The first-order valence-corrected chi connectivity index (χ1v) is 10.4. The molecule has 0 aliphatic heterocycles. The van der Waals surface area contributed by atoms with Crippen LogP contribution in [0.4, 0.5) is 11.4 Å². The van der Waals surface area contributed by atoms with Crippen molar-refractivity contribution in [3.63, 3.8) is 0 Å². The molecule has 4 aliphatic rings. The summed E-state index contributed by atoms with van der Waals surface area (Å²) in [7, 11) is 0. The van der Waals surface area contributed by atoms with Gasteiger partial charge in [0.15, 0.2) is 0 Å². The van der Waals surface area contributed by atoms with E-state index in [0.717, 1.165) is 23.8 Å². The van der Waals surface area contributed by atoms with Crippen LogP contribution in [0.5, 0.6) is 0 Å². The van der Waals surface area contributed by atoms with Crippen molar-refractivity contribution in [3.05, 3.63) is 23.8 Å². The smallest absolute Gasteiger partial charge is 0.224 e. The summed E-state index contributed by atoms with van der Waals surface area (Å²) >= 11 is 4.02. The second-order valence-electron chi connectivity index (χ2n) is 9.07. The number of anilines is 2. The largest absolute Gasteiger partial charge is 0.325 e. The van der Waals surface area contributed by atoms with E-state index in [4.69, 9.17) is 0 Å². The number of hydrogen-bond acceptors (Lipinski definition) is 2. The van der Waals surface area contributed by atoms with Crippen molar-refractivity contribution < 1.29 is 9.59 Å². The molecule has 0 aromatic heterocycles. The number of benzene rings is 1. The Morgan fingerprint density at radius 1 is 1.12 bits per heavy atom. The maximum absolute atomic E-state index is 12.9. The Labute approximate surface area is 163 Å². The van der Waals surface area contributed by atoms with E-state index in [2.05, 4.69) is 26.6 Å². The lowest BCUT2D eigenvalue weighted by Gasteiger charge is -2.60. The molecule has 4 fully saturated rings. The molecular formula is C21H27BrN2O2. The van der Waals surface area contributed by atoms with Crippen molar-refractivity contribution in [3.8, 4) is 0 Å². The highest BCUT2D eigenvalue weighted by Crippen LogP contribution is 2.65. The molecule has 1 aromatic rings. The third-order valence-electron chi connectivity index (χ3n) is 6.41. The van der Waals surface area contributed by atoms with Gasteiger partial charge in [-0.25, -0.2) is 0 Å². The standard InChI is InChI=1S/C21H27BrN2O2/c1-13-3-4-17(23-14(2)25)18(5-13)24-19(26)11-20-7-15-6-16(8-20)10-21(22,9-15)12-20/h3-5,15-16H,6-12H2,1-2H3,(H,23,25)(H,24,26). The van der Waals surface area contributed by atoms with E-state index in [1.54, 1.807) is 0 Å². The fraction of sp³-hybridized carbons (Fsp3) is 0.619. The highest BCUT2D eigenvalue weighted by molar-refractivity contribution is 9.10. The highest BCUT2D eigenvalue weighted by Gasteiger charge is 2.57. The zero-order valence-electron chi connectivity index (χ0n) is 15.5. The maximum atomic E-state index is 12.9. The van der Waals surface area contributed by atoms with Gasteiger partial charge in [-0.2, -0.15) is 0 Å². The summed E-state index contributed by atoms with van der Waals surface area (Å²) in [6.07, 6.45) is 7.98. The molecule has 2 unspecified atom stereocenters. The molecule has 0 saturated heterocycles. The summed E-state index contributed by atoms with van der Waals surface area (Å²) in [6, 6.07) is 5.72. The second-order valence-corrected chi connectivity index (χ2v) is 10.7. The van der Waals surface area contributed by atoms with E-state index < -0.39 is 0 Å². The van der Waals surface area contributed by atoms with Gasteiger partial charge < -0.3 is 10.6 Å². The monoisotopic (exact) mass is 418 g/mol. The SMILES string of the molecule is CC(=O)Nc1ccc(C)cc1NC(=O)CC12CC3CC(CC(Br)(C3)C1)C2. The first-order chi connectivity index (χ1) is 12.2. The minimum Gasteiger partial charge on any atom is -0.325 e. The van der Waals surface area contributed by atoms with Gasteiger partial charge >= 0.3 is 0 Å². The van der Waals surface area contributed by atoms with Gasteiger partial charge in [0.05, 0.1) is 11.4 Å². The van der Waals surface area contributed by atoms with Crippen molar-refractivity contribution in [1.29, 1.82) is 0 Å². The van der Waals surface area contributed by atoms with Gasteiger partial charge in [-0.3, -0.25) is 9.59 Å². The summed E-state index contributed by atoms with van der Waals surface area (Å²) in [5, 5.41) is 5.89. The molecule has 0 heterocycles. The van der Waals surface area contributed by atoms with E-state index >= 15 is 0 Å². The number of rotatable bonds is 4. The fourth-order valence-corrected chi connectivity index (χ4v) is 7.65. The molecule has 26 heavy (non-hydrogen) atoms. The molecule has 140 valence electrons. The summed E-state index contributed by atoms with van der Waals surface area (Å²) in [5.74, 6) is 1.49. The lowest BCUT2D eigenvalue weighted by Crippen LogP contribution is -2.53. The zero-order valence-corrected chi connectivity index (χ0v) is 17.1. The first-order valence-electron chi connectivity index (χ1n) is 9.61. The number of halogens is 1. The predicted molar refractivity (Wildman–Crippen MR) is 108 cm³/mol. The second kappa shape index (κ2) is 6.36. The number of hydrogen-bond donors (Lipinski definition) is 2. The normalized spacial score (nSPS) is 34.6. The van der Waals surface area contributed by atoms with Gasteiger partial charge in [0.25, 0.3) is 0 Å². The van der Waals surface area contributed by atoms with Crippen LogP contribution < -0.4 is 10.6 Å². The molecule has 4 nitrogen and oxygen atoms in total. The lowest BCUT2D eigenvalue weighted by atomic mass is 9.48. The van der Waals surface area contributed by atoms with E-state index in [-0.39, 0.29) is 21.6 Å². The van der Waals surface area contributed by atoms with Gasteiger partial charge in [0, 0.05) is 17.7 Å². The molecule has 5 heteroatoms. The third-order valence-corrected chi connectivity index (χ3v) is 7.33. The quantitative estimate of drug-likeness (QED) is 0.674. The van der Waals surface area contributed by atoms with Crippen LogP contribution in [-0.4, -0.2) is 16.1 Å². The number of alkyl halides is 1. The molecule has 2 amide bonds. The number of amides is 2. The van der Waals surface area contributed by atoms with Crippen LogP contribution in [0, 0.1) is 24.2 Å². The Morgan fingerprint density at radius 3 is 2.42 bits per heavy atom. The van der Waals surface area contributed by atoms with E-state index in [0.29, 0.717) is 17.8 Å². The zero-order chi connectivity index (χ0) is 18.5. The topological polar surface area (TPSA) is 58.2 Å². The first kappa shape index (κ1) is 18.0. The number of nitrogens with one attached hydrogen (secondary N) is 2. The lowest BCUT2D eigenvalue weighted by molar-refractivity contribution is -0.123. The number of aryl methyl sites for hydroxylation is 1. The summed E-state index contributed by atoms with van der Waals surface area (Å²) in [6.45, 7) is 3.47. The van der Waals surface area contributed by atoms with Gasteiger partial charge in [-0.1, -0.05) is 22.0 Å². The minimum atomic E-state index is -0.133. The van der Waals surface area contributed by atoms with Crippen LogP contribution in [0.3, 0.4) is 0 Å². The van der Waals surface area contributed by atoms with Crippen LogP contribution in [0.2, 0.25) is 0 Å². The molecular weight excluding hydrogens is 392 g/mol. The maximum Gasteiger partial charge on any atom is 0.224 e. The predicted octanol–water partition coefficient (Wildman–Crippen LogP) is 5.02. The van der Waals surface area contributed by atoms with Crippen LogP contribution in [0.15, 0.2) is 18.2 Å². The number of carbonyl (C=O) groups is 2. The van der Waals surface area contributed by atoms with Crippen molar-refractivity contribution in [2.24, 2.45) is 17.3 Å². The average Bonchev–Trinajstić information content (AvgIpc) is 2.46. The van der Waals surface area contributed by atoms with Crippen LogP contribution in [-0.2, 0) is 9.59 Å². The van der Waals surface area contributed by atoms with Gasteiger partial charge in [0.2, 0.25) is 11.8 Å². The van der Waals surface area contributed by atoms with Crippen molar-refractivity contribution in [2.45, 2.75) is 63.1 Å². The molecule has 4 saturated carbocycles. The Bertz CT molecular complexity index is 746. The molecule has 2 atom stereocenters. The third kappa shape index (κ3) is 3.55.